The Labute approximate surface area is 136 Å². The molecule has 1 heterocycles. The summed E-state index contributed by atoms with van der Waals surface area (Å²) >= 11 is 3.59. The second-order valence-corrected chi connectivity index (χ2v) is 7.26. The molecule has 2 aliphatic rings. The SMILES string of the molecule is COc1ccc(Br)cc1CN1CCNCC12CCCCC2. The number of nitrogens with zero attached hydrogens (tertiary/aromatic N) is 1. The van der Waals surface area contributed by atoms with Gasteiger partial charge >= 0.3 is 0 Å². The maximum atomic E-state index is 5.55. The fourth-order valence-corrected chi connectivity index (χ4v) is 4.32. The van der Waals surface area contributed by atoms with E-state index in [1.807, 2.05) is 0 Å². The lowest BCUT2D eigenvalue weighted by atomic mass is 9.79. The van der Waals surface area contributed by atoms with Crippen LogP contribution in [0.2, 0.25) is 0 Å². The molecule has 0 amide bonds. The van der Waals surface area contributed by atoms with Gasteiger partial charge in [-0.3, -0.25) is 4.90 Å². The average Bonchev–Trinajstić information content (AvgIpc) is 2.51. The Morgan fingerprint density at radius 1 is 1.29 bits per heavy atom. The molecule has 1 aliphatic heterocycles. The number of benzene rings is 1. The summed E-state index contributed by atoms with van der Waals surface area (Å²) in [5, 5.41) is 3.62. The summed E-state index contributed by atoms with van der Waals surface area (Å²) in [5.74, 6) is 1.00. The van der Waals surface area contributed by atoms with Crippen LogP contribution in [0.25, 0.3) is 0 Å². The molecule has 1 N–H and O–H groups in total. The van der Waals surface area contributed by atoms with Crippen LogP contribution in [-0.2, 0) is 6.54 Å². The van der Waals surface area contributed by atoms with Crippen molar-refractivity contribution in [3.8, 4) is 5.75 Å². The Morgan fingerprint density at radius 2 is 2.10 bits per heavy atom. The summed E-state index contributed by atoms with van der Waals surface area (Å²) in [6.45, 7) is 4.36. The predicted octanol–water partition coefficient (Wildman–Crippen LogP) is 3.57. The van der Waals surface area contributed by atoms with Crippen molar-refractivity contribution in [3.05, 3.63) is 28.2 Å². The monoisotopic (exact) mass is 352 g/mol. The zero-order valence-electron chi connectivity index (χ0n) is 12.8. The van der Waals surface area contributed by atoms with Gasteiger partial charge in [0, 0.05) is 41.8 Å². The molecule has 1 spiro atoms. The van der Waals surface area contributed by atoms with Gasteiger partial charge in [-0.2, -0.15) is 0 Å². The number of nitrogens with one attached hydrogen (secondary N) is 1. The highest BCUT2D eigenvalue weighted by atomic mass is 79.9. The van der Waals surface area contributed by atoms with Crippen molar-refractivity contribution < 1.29 is 4.74 Å². The van der Waals surface area contributed by atoms with E-state index in [1.54, 1.807) is 7.11 Å². The number of hydrogen-bond acceptors (Lipinski definition) is 3. The summed E-state index contributed by atoms with van der Waals surface area (Å²) in [6.07, 6.45) is 6.80. The first-order valence-corrected chi connectivity index (χ1v) is 8.81. The third kappa shape index (κ3) is 3.27. The van der Waals surface area contributed by atoms with Crippen LogP contribution in [-0.4, -0.2) is 37.2 Å². The lowest BCUT2D eigenvalue weighted by molar-refractivity contribution is 0.0204. The van der Waals surface area contributed by atoms with Crippen LogP contribution < -0.4 is 10.1 Å². The van der Waals surface area contributed by atoms with Gasteiger partial charge in [-0.1, -0.05) is 35.2 Å². The number of piperazine rings is 1. The summed E-state index contributed by atoms with van der Waals surface area (Å²) in [5.41, 5.74) is 1.66. The van der Waals surface area contributed by atoms with Gasteiger partial charge in [0.15, 0.2) is 0 Å². The quantitative estimate of drug-likeness (QED) is 0.899. The highest BCUT2D eigenvalue weighted by molar-refractivity contribution is 9.10. The Kier molecular flexibility index (Phi) is 4.87. The molecule has 2 fully saturated rings. The van der Waals surface area contributed by atoms with E-state index in [9.17, 15) is 0 Å². The third-order valence-electron chi connectivity index (χ3n) is 5.07. The molecule has 1 saturated carbocycles. The number of hydrogen-bond donors (Lipinski definition) is 1. The lowest BCUT2D eigenvalue weighted by Crippen LogP contribution is -2.61. The smallest absolute Gasteiger partial charge is 0.123 e. The number of methoxy groups -OCH3 is 1. The van der Waals surface area contributed by atoms with E-state index < -0.39 is 0 Å². The van der Waals surface area contributed by atoms with Crippen molar-refractivity contribution in [1.29, 1.82) is 0 Å². The molecule has 0 bridgehead atoms. The van der Waals surface area contributed by atoms with Crippen molar-refractivity contribution >= 4 is 15.9 Å². The molecule has 0 radical (unpaired) electrons. The van der Waals surface area contributed by atoms with Crippen LogP contribution >= 0.6 is 15.9 Å². The Balaban J connectivity index is 1.83. The normalized spacial score (nSPS) is 22.4. The van der Waals surface area contributed by atoms with Crippen LogP contribution in [0.5, 0.6) is 5.75 Å². The molecule has 1 aromatic carbocycles. The summed E-state index contributed by atoms with van der Waals surface area (Å²) in [7, 11) is 1.76. The molecule has 0 aromatic heterocycles. The minimum Gasteiger partial charge on any atom is -0.496 e. The van der Waals surface area contributed by atoms with E-state index in [4.69, 9.17) is 4.74 Å². The summed E-state index contributed by atoms with van der Waals surface area (Å²) < 4.78 is 6.69. The Bertz CT molecular complexity index is 477. The summed E-state index contributed by atoms with van der Waals surface area (Å²) in [4.78, 5) is 2.70. The minimum absolute atomic E-state index is 0.365. The Hall–Kier alpha value is -0.580. The van der Waals surface area contributed by atoms with Crippen molar-refractivity contribution in [1.82, 2.24) is 10.2 Å². The van der Waals surface area contributed by atoms with Crippen LogP contribution in [0.15, 0.2) is 22.7 Å². The van der Waals surface area contributed by atoms with E-state index in [-0.39, 0.29) is 0 Å². The molecule has 3 rings (SSSR count). The van der Waals surface area contributed by atoms with Crippen LogP contribution in [0.3, 0.4) is 0 Å². The molecule has 1 aliphatic carbocycles. The van der Waals surface area contributed by atoms with Gasteiger partial charge in [0.2, 0.25) is 0 Å². The number of ether oxygens (including phenoxy) is 1. The summed E-state index contributed by atoms with van der Waals surface area (Å²) in [6, 6.07) is 6.32. The maximum absolute atomic E-state index is 5.55. The fraction of sp³-hybridized carbons (Fsp3) is 0.647. The molecule has 0 unspecified atom stereocenters. The van der Waals surface area contributed by atoms with Gasteiger partial charge in [-0.15, -0.1) is 0 Å². The van der Waals surface area contributed by atoms with Gasteiger partial charge in [-0.25, -0.2) is 0 Å². The van der Waals surface area contributed by atoms with Crippen molar-refractivity contribution in [3.63, 3.8) is 0 Å². The van der Waals surface area contributed by atoms with Crippen LogP contribution in [0.4, 0.5) is 0 Å². The fourth-order valence-electron chi connectivity index (χ4n) is 3.91. The maximum Gasteiger partial charge on any atom is 0.123 e. The minimum atomic E-state index is 0.365. The molecule has 4 heteroatoms. The van der Waals surface area contributed by atoms with E-state index in [2.05, 4.69) is 44.3 Å². The van der Waals surface area contributed by atoms with Crippen molar-refractivity contribution in [2.45, 2.75) is 44.2 Å². The molecule has 1 aromatic rings. The van der Waals surface area contributed by atoms with Crippen molar-refractivity contribution in [2.24, 2.45) is 0 Å². The topological polar surface area (TPSA) is 24.5 Å². The lowest BCUT2D eigenvalue weighted by Gasteiger charge is -2.50. The highest BCUT2D eigenvalue weighted by Crippen LogP contribution is 2.36. The van der Waals surface area contributed by atoms with Gasteiger partial charge in [0.1, 0.15) is 5.75 Å². The second-order valence-electron chi connectivity index (χ2n) is 6.34. The average molecular weight is 353 g/mol. The number of halogens is 1. The largest absolute Gasteiger partial charge is 0.496 e. The van der Waals surface area contributed by atoms with Crippen LogP contribution in [0.1, 0.15) is 37.7 Å². The predicted molar refractivity (Wildman–Crippen MR) is 89.8 cm³/mol. The van der Waals surface area contributed by atoms with Gasteiger partial charge < -0.3 is 10.1 Å². The molecule has 0 atom stereocenters. The van der Waals surface area contributed by atoms with Gasteiger partial charge in [0.25, 0.3) is 0 Å². The first-order chi connectivity index (χ1) is 10.2. The van der Waals surface area contributed by atoms with E-state index in [0.29, 0.717) is 5.54 Å². The van der Waals surface area contributed by atoms with Crippen molar-refractivity contribution in [2.75, 3.05) is 26.7 Å². The Morgan fingerprint density at radius 3 is 2.86 bits per heavy atom. The molecule has 3 nitrogen and oxygen atoms in total. The molecule has 116 valence electrons. The van der Waals surface area contributed by atoms with E-state index in [1.165, 1.54) is 37.7 Å². The van der Waals surface area contributed by atoms with E-state index >= 15 is 0 Å². The zero-order valence-corrected chi connectivity index (χ0v) is 14.4. The van der Waals surface area contributed by atoms with Gasteiger partial charge in [0.05, 0.1) is 7.11 Å². The van der Waals surface area contributed by atoms with Gasteiger partial charge in [-0.05, 0) is 31.0 Å². The standard InChI is InChI=1S/C17H25BrN2O/c1-21-16-6-5-15(18)11-14(16)12-20-10-9-19-13-17(20)7-3-2-4-8-17/h5-6,11,19H,2-4,7-10,12-13H2,1H3. The first-order valence-electron chi connectivity index (χ1n) is 8.02. The molecular weight excluding hydrogens is 328 g/mol. The van der Waals surface area contributed by atoms with E-state index in [0.717, 1.165) is 36.4 Å². The third-order valence-corrected chi connectivity index (χ3v) is 5.56. The molecular formula is C17H25BrN2O. The second kappa shape index (κ2) is 6.67. The van der Waals surface area contributed by atoms with Crippen LogP contribution in [0, 0.1) is 0 Å². The highest BCUT2D eigenvalue weighted by Gasteiger charge is 2.39. The number of rotatable bonds is 3. The molecule has 1 saturated heterocycles. The first kappa shape index (κ1) is 15.3. The molecule has 21 heavy (non-hydrogen) atoms. The zero-order chi connectivity index (χ0) is 14.7.